The van der Waals surface area contributed by atoms with E-state index in [1.54, 1.807) is 11.0 Å². The highest BCUT2D eigenvalue weighted by Gasteiger charge is 2.34. The predicted octanol–water partition coefficient (Wildman–Crippen LogP) is 1.83. The first-order valence-electron chi connectivity index (χ1n) is 8.95. The second-order valence-electron chi connectivity index (χ2n) is 6.44. The molecule has 2 heterocycles. The van der Waals surface area contributed by atoms with E-state index in [-0.39, 0.29) is 23.3 Å². The van der Waals surface area contributed by atoms with Crippen molar-refractivity contribution in [2.45, 2.75) is 13.0 Å². The molecule has 3 N–H and O–H groups in total. The van der Waals surface area contributed by atoms with Crippen molar-refractivity contribution in [3.05, 3.63) is 64.4 Å². The maximum Gasteiger partial charge on any atom is 0.250 e. The molecule has 0 bridgehead atoms. The monoisotopic (exact) mass is 428 g/mol. The number of amides is 3. The van der Waals surface area contributed by atoms with Crippen molar-refractivity contribution in [2.75, 3.05) is 6.54 Å². The Morgan fingerprint density at radius 1 is 1.17 bits per heavy atom. The highest BCUT2D eigenvalue weighted by atomic mass is 32.1. The molecular formula is C20H20N4O3S2. The average Bonchev–Trinajstić information content (AvgIpc) is 3.35. The Labute approximate surface area is 177 Å². The molecule has 1 aromatic heterocycles. The van der Waals surface area contributed by atoms with Crippen LogP contribution in [-0.2, 0) is 20.9 Å². The summed E-state index contributed by atoms with van der Waals surface area (Å²) < 4.78 is 0. The van der Waals surface area contributed by atoms with Crippen molar-refractivity contribution in [1.29, 1.82) is 0 Å². The lowest BCUT2D eigenvalue weighted by Crippen LogP contribution is -2.50. The van der Waals surface area contributed by atoms with Crippen molar-refractivity contribution >= 4 is 52.5 Å². The molecule has 0 aliphatic carbocycles. The molecule has 3 rings (SSSR count). The first-order valence-corrected chi connectivity index (χ1v) is 10.2. The summed E-state index contributed by atoms with van der Waals surface area (Å²) in [7, 11) is 0. The summed E-state index contributed by atoms with van der Waals surface area (Å²) in [5.41, 5.74) is 5.97. The zero-order chi connectivity index (χ0) is 20.6. The van der Waals surface area contributed by atoms with Crippen molar-refractivity contribution in [2.24, 2.45) is 5.92 Å². The van der Waals surface area contributed by atoms with Crippen LogP contribution in [0.15, 0.2) is 53.9 Å². The Bertz CT molecular complexity index is 913. The smallest absolute Gasteiger partial charge is 0.250 e. The van der Waals surface area contributed by atoms with Crippen LogP contribution in [0.5, 0.6) is 0 Å². The van der Waals surface area contributed by atoms with Crippen LogP contribution in [0.4, 0.5) is 0 Å². The van der Waals surface area contributed by atoms with Gasteiger partial charge in [-0.3, -0.25) is 30.6 Å². The zero-order valence-corrected chi connectivity index (χ0v) is 17.1. The summed E-state index contributed by atoms with van der Waals surface area (Å²) in [5, 5.41) is 4.33. The van der Waals surface area contributed by atoms with E-state index in [2.05, 4.69) is 16.2 Å². The van der Waals surface area contributed by atoms with Gasteiger partial charge in [0.05, 0.1) is 5.92 Å². The molecule has 3 amide bonds. The maximum atomic E-state index is 12.3. The zero-order valence-electron chi connectivity index (χ0n) is 15.5. The summed E-state index contributed by atoms with van der Waals surface area (Å²) >= 11 is 6.51. The van der Waals surface area contributed by atoms with Gasteiger partial charge in [0, 0.05) is 30.5 Å². The first-order chi connectivity index (χ1) is 14.0. The minimum atomic E-state index is -0.476. The molecule has 150 valence electrons. The topological polar surface area (TPSA) is 90.5 Å². The lowest BCUT2D eigenvalue weighted by Gasteiger charge is -2.17. The number of carbonyl (C=O) groups excluding carboxylic acids is 3. The van der Waals surface area contributed by atoms with Gasteiger partial charge < -0.3 is 4.90 Å². The van der Waals surface area contributed by atoms with Crippen LogP contribution in [0.2, 0.25) is 0 Å². The molecule has 29 heavy (non-hydrogen) atoms. The number of likely N-dealkylation sites (tertiary alicyclic amines) is 1. The number of thiophene rings is 1. The molecule has 1 aliphatic rings. The van der Waals surface area contributed by atoms with E-state index in [4.69, 9.17) is 12.2 Å². The van der Waals surface area contributed by atoms with E-state index in [0.29, 0.717) is 13.1 Å². The molecular weight excluding hydrogens is 408 g/mol. The molecule has 1 saturated heterocycles. The number of rotatable bonds is 5. The van der Waals surface area contributed by atoms with Crippen molar-refractivity contribution in [3.63, 3.8) is 0 Å². The van der Waals surface area contributed by atoms with Gasteiger partial charge in [-0.05, 0) is 35.3 Å². The summed E-state index contributed by atoms with van der Waals surface area (Å²) in [6, 6.07) is 13.4. The fourth-order valence-electron chi connectivity index (χ4n) is 2.85. The van der Waals surface area contributed by atoms with Gasteiger partial charge in [-0.25, -0.2) is 0 Å². The number of thiocarbonyl (C=S) groups is 1. The minimum Gasteiger partial charge on any atom is -0.338 e. The van der Waals surface area contributed by atoms with E-state index in [9.17, 15) is 14.4 Å². The van der Waals surface area contributed by atoms with Gasteiger partial charge in [0.25, 0.3) is 0 Å². The first kappa shape index (κ1) is 20.7. The predicted molar refractivity (Wildman–Crippen MR) is 115 cm³/mol. The van der Waals surface area contributed by atoms with Gasteiger partial charge in [0.2, 0.25) is 17.7 Å². The van der Waals surface area contributed by atoms with Gasteiger partial charge in [0.15, 0.2) is 5.11 Å². The molecule has 1 aliphatic heterocycles. The van der Waals surface area contributed by atoms with Crippen LogP contribution in [0.3, 0.4) is 0 Å². The van der Waals surface area contributed by atoms with E-state index < -0.39 is 11.8 Å². The van der Waals surface area contributed by atoms with Crippen LogP contribution in [-0.4, -0.2) is 34.3 Å². The summed E-state index contributed by atoms with van der Waals surface area (Å²) in [6.45, 7) is 0.811. The fourth-order valence-corrected chi connectivity index (χ4v) is 3.62. The number of hydrazine groups is 1. The highest BCUT2D eigenvalue weighted by molar-refractivity contribution is 7.80. The Kier molecular flexibility index (Phi) is 7.09. The quantitative estimate of drug-likeness (QED) is 0.384. The highest BCUT2D eigenvalue weighted by Crippen LogP contribution is 2.20. The number of nitrogens with one attached hydrogen (secondary N) is 3. The third-order valence-electron chi connectivity index (χ3n) is 4.28. The van der Waals surface area contributed by atoms with Crippen molar-refractivity contribution in [1.82, 2.24) is 21.1 Å². The van der Waals surface area contributed by atoms with Gasteiger partial charge in [0.1, 0.15) is 0 Å². The van der Waals surface area contributed by atoms with Gasteiger partial charge in [-0.15, -0.1) is 11.3 Å². The van der Waals surface area contributed by atoms with Gasteiger partial charge in [-0.1, -0.05) is 36.4 Å². The van der Waals surface area contributed by atoms with Crippen LogP contribution in [0, 0.1) is 5.92 Å². The lowest BCUT2D eigenvalue weighted by atomic mass is 10.1. The third kappa shape index (κ3) is 6.23. The Balaban J connectivity index is 1.41. The Morgan fingerprint density at radius 3 is 2.69 bits per heavy atom. The molecule has 1 fully saturated rings. The molecule has 1 atom stereocenters. The fraction of sp³-hybridized carbons (Fsp3) is 0.200. The van der Waals surface area contributed by atoms with E-state index in [1.807, 2.05) is 47.8 Å². The van der Waals surface area contributed by atoms with Crippen molar-refractivity contribution in [3.8, 4) is 0 Å². The third-order valence-corrected chi connectivity index (χ3v) is 5.32. The van der Waals surface area contributed by atoms with E-state index in [1.165, 1.54) is 17.4 Å². The molecule has 2 aromatic rings. The van der Waals surface area contributed by atoms with Crippen molar-refractivity contribution < 1.29 is 14.4 Å². The van der Waals surface area contributed by atoms with Crippen LogP contribution < -0.4 is 16.2 Å². The molecule has 1 unspecified atom stereocenters. The van der Waals surface area contributed by atoms with Crippen LogP contribution >= 0.6 is 23.6 Å². The van der Waals surface area contributed by atoms with E-state index in [0.717, 1.165) is 10.4 Å². The average molecular weight is 429 g/mol. The molecule has 1 aromatic carbocycles. The van der Waals surface area contributed by atoms with Gasteiger partial charge >= 0.3 is 0 Å². The summed E-state index contributed by atoms with van der Waals surface area (Å²) in [4.78, 5) is 38.9. The largest absolute Gasteiger partial charge is 0.338 e. The molecule has 9 heteroatoms. The summed E-state index contributed by atoms with van der Waals surface area (Å²) in [5.74, 6) is -1.30. The van der Waals surface area contributed by atoms with E-state index >= 15 is 0 Å². The molecule has 0 radical (unpaired) electrons. The minimum absolute atomic E-state index is 0.0235. The number of hydrogen-bond acceptors (Lipinski definition) is 5. The number of nitrogens with zero attached hydrogens (tertiary/aromatic N) is 1. The normalized spacial score (nSPS) is 16.1. The molecule has 0 saturated carbocycles. The van der Waals surface area contributed by atoms with Crippen LogP contribution in [0.25, 0.3) is 6.08 Å². The number of carbonyl (C=O) groups is 3. The lowest BCUT2D eigenvalue weighted by molar-refractivity contribution is -0.129. The second-order valence-corrected chi connectivity index (χ2v) is 7.83. The van der Waals surface area contributed by atoms with Gasteiger partial charge in [-0.2, -0.15) is 0 Å². The Hall–Kier alpha value is -3.04. The Morgan fingerprint density at radius 2 is 1.97 bits per heavy atom. The number of hydrogen-bond donors (Lipinski definition) is 3. The maximum absolute atomic E-state index is 12.3. The number of benzene rings is 1. The van der Waals surface area contributed by atoms with Crippen LogP contribution in [0.1, 0.15) is 16.9 Å². The molecule has 7 nitrogen and oxygen atoms in total. The molecule has 0 spiro atoms. The summed E-state index contributed by atoms with van der Waals surface area (Å²) in [6.07, 6.45) is 3.18. The SMILES string of the molecule is O=C(/C=C/c1cccs1)NC(=S)NNC(=O)C1CC(=O)N(Cc2ccccc2)C1. The standard InChI is InChI=1S/C20H20N4O3S2/c25-17(9-8-16-7-4-10-29-16)21-20(28)23-22-19(27)15-11-18(26)24(13-15)12-14-5-2-1-3-6-14/h1-10,15H,11-13H2,(H,22,27)(H2,21,23,25,28)/b9-8+. The second kappa shape index (κ2) is 9.94.